The van der Waals surface area contributed by atoms with Crippen LogP contribution >= 0.6 is 0 Å². The second kappa shape index (κ2) is 3.58. The molecule has 0 saturated carbocycles. The number of benzene rings is 1. The lowest BCUT2D eigenvalue weighted by molar-refractivity contribution is 0.439. The zero-order valence-corrected chi connectivity index (χ0v) is 7.48. The minimum absolute atomic E-state index is 0.582. The van der Waals surface area contributed by atoms with Crippen LogP contribution in [0.2, 0.25) is 0 Å². The average molecular weight is 226 g/mol. The second-order valence-electron chi connectivity index (χ2n) is 2.56. The van der Waals surface area contributed by atoms with Gasteiger partial charge in [0.2, 0.25) is 0 Å². The summed E-state index contributed by atoms with van der Waals surface area (Å²) in [4.78, 5) is 0. The molecule has 1 N–H and O–H groups in total. The van der Waals surface area contributed by atoms with Crippen LogP contribution in [0, 0.1) is 17.5 Å². The normalized spacial score (nSPS) is 11.7. The second-order valence-corrected chi connectivity index (χ2v) is 4.01. The lowest BCUT2D eigenvalue weighted by atomic mass is 10.2. The quantitative estimate of drug-likeness (QED) is 0.614. The standard InChI is InChI=1S/C7H5F3O3S/c8-5-2-1-4(3-14(11,12)13)6(9)7(5)10/h1-2H,3H2,(H,11,12,13). The lowest BCUT2D eigenvalue weighted by Crippen LogP contribution is -2.05. The first-order valence-corrected chi connectivity index (χ1v) is 4.99. The van der Waals surface area contributed by atoms with Crippen LogP contribution < -0.4 is 0 Å². The Hall–Kier alpha value is -1.08. The van der Waals surface area contributed by atoms with Gasteiger partial charge >= 0.3 is 0 Å². The van der Waals surface area contributed by atoms with Crippen molar-refractivity contribution in [3.63, 3.8) is 0 Å². The van der Waals surface area contributed by atoms with Crippen LogP contribution in [-0.2, 0) is 15.9 Å². The molecule has 0 spiro atoms. The van der Waals surface area contributed by atoms with Crippen LogP contribution in [0.5, 0.6) is 0 Å². The third kappa shape index (κ3) is 2.46. The summed E-state index contributed by atoms with van der Waals surface area (Å²) < 4.78 is 66.7. The van der Waals surface area contributed by atoms with Crippen molar-refractivity contribution in [3.8, 4) is 0 Å². The van der Waals surface area contributed by atoms with Gasteiger partial charge < -0.3 is 0 Å². The van der Waals surface area contributed by atoms with Crippen molar-refractivity contribution in [2.45, 2.75) is 5.75 Å². The van der Waals surface area contributed by atoms with Crippen LogP contribution in [0.15, 0.2) is 12.1 Å². The highest BCUT2D eigenvalue weighted by atomic mass is 32.2. The summed E-state index contributed by atoms with van der Waals surface area (Å²) in [6.07, 6.45) is 0. The van der Waals surface area contributed by atoms with Crippen molar-refractivity contribution < 1.29 is 26.1 Å². The molecule has 0 radical (unpaired) electrons. The predicted molar refractivity (Wildman–Crippen MR) is 41.6 cm³/mol. The van der Waals surface area contributed by atoms with E-state index in [0.29, 0.717) is 6.07 Å². The smallest absolute Gasteiger partial charge is 0.269 e. The maximum atomic E-state index is 12.8. The van der Waals surface area contributed by atoms with Crippen LogP contribution in [0.3, 0.4) is 0 Å². The molecular weight excluding hydrogens is 221 g/mol. The number of hydrogen-bond acceptors (Lipinski definition) is 2. The molecule has 0 aliphatic heterocycles. The summed E-state index contributed by atoms with van der Waals surface area (Å²) in [6.45, 7) is 0. The van der Waals surface area contributed by atoms with Crippen molar-refractivity contribution in [3.05, 3.63) is 35.1 Å². The van der Waals surface area contributed by atoms with Gasteiger partial charge in [-0.3, -0.25) is 4.55 Å². The van der Waals surface area contributed by atoms with E-state index in [1.54, 1.807) is 0 Å². The maximum Gasteiger partial charge on any atom is 0.269 e. The fourth-order valence-electron chi connectivity index (χ4n) is 0.874. The van der Waals surface area contributed by atoms with E-state index in [2.05, 4.69) is 0 Å². The summed E-state index contributed by atoms with van der Waals surface area (Å²) >= 11 is 0. The highest BCUT2D eigenvalue weighted by molar-refractivity contribution is 7.85. The molecule has 0 fully saturated rings. The van der Waals surface area contributed by atoms with Gasteiger partial charge in [-0.2, -0.15) is 8.42 Å². The largest absolute Gasteiger partial charge is 0.285 e. The maximum absolute atomic E-state index is 12.8. The molecule has 0 bridgehead atoms. The van der Waals surface area contributed by atoms with E-state index in [1.807, 2.05) is 0 Å². The highest BCUT2D eigenvalue weighted by Crippen LogP contribution is 2.16. The molecule has 0 aromatic heterocycles. The van der Waals surface area contributed by atoms with Crippen molar-refractivity contribution >= 4 is 10.1 Å². The van der Waals surface area contributed by atoms with E-state index in [9.17, 15) is 21.6 Å². The molecule has 1 aromatic rings. The van der Waals surface area contributed by atoms with E-state index < -0.39 is 38.9 Å². The Kier molecular flexibility index (Phi) is 2.81. The zero-order chi connectivity index (χ0) is 10.9. The Bertz CT molecular complexity index is 455. The van der Waals surface area contributed by atoms with E-state index in [1.165, 1.54) is 0 Å². The van der Waals surface area contributed by atoms with E-state index in [-0.39, 0.29) is 0 Å². The van der Waals surface area contributed by atoms with Crippen LogP contribution in [0.4, 0.5) is 13.2 Å². The summed E-state index contributed by atoms with van der Waals surface area (Å²) in [7, 11) is -4.46. The molecule has 0 aliphatic carbocycles. The van der Waals surface area contributed by atoms with Gasteiger partial charge in [-0.1, -0.05) is 6.07 Å². The van der Waals surface area contributed by atoms with Crippen LogP contribution in [0.25, 0.3) is 0 Å². The van der Waals surface area contributed by atoms with Crippen molar-refractivity contribution in [1.82, 2.24) is 0 Å². The molecule has 0 unspecified atom stereocenters. The van der Waals surface area contributed by atoms with Crippen molar-refractivity contribution in [2.24, 2.45) is 0 Å². The van der Waals surface area contributed by atoms with Gasteiger partial charge in [0, 0.05) is 5.56 Å². The van der Waals surface area contributed by atoms with E-state index >= 15 is 0 Å². The van der Waals surface area contributed by atoms with Gasteiger partial charge in [0.15, 0.2) is 17.5 Å². The monoisotopic (exact) mass is 226 g/mol. The predicted octanol–water partition coefficient (Wildman–Crippen LogP) is 1.49. The first-order chi connectivity index (χ1) is 6.31. The van der Waals surface area contributed by atoms with Crippen molar-refractivity contribution in [2.75, 3.05) is 0 Å². The minimum atomic E-state index is -4.46. The first-order valence-electron chi connectivity index (χ1n) is 3.39. The van der Waals surface area contributed by atoms with Crippen molar-refractivity contribution in [1.29, 1.82) is 0 Å². The Morgan fingerprint density at radius 2 is 1.71 bits per heavy atom. The van der Waals surface area contributed by atoms with Gasteiger partial charge in [-0.05, 0) is 6.07 Å². The summed E-state index contributed by atoms with van der Waals surface area (Å²) in [5.74, 6) is -5.87. The minimum Gasteiger partial charge on any atom is -0.285 e. The van der Waals surface area contributed by atoms with E-state index in [4.69, 9.17) is 4.55 Å². The molecule has 14 heavy (non-hydrogen) atoms. The summed E-state index contributed by atoms with van der Waals surface area (Å²) in [6, 6.07) is 1.33. The zero-order valence-electron chi connectivity index (χ0n) is 6.67. The van der Waals surface area contributed by atoms with Gasteiger partial charge in [-0.15, -0.1) is 0 Å². The molecule has 0 amide bonds. The molecular formula is C7H5F3O3S. The molecule has 0 saturated heterocycles. The average Bonchev–Trinajstić information content (AvgIpc) is 2.04. The molecule has 0 aliphatic rings. The van der Waals surface area contributed by atoms with Crippen LogP contribution in [0.1, 0.15) is 5.56 Å². The molecule has 1 rings (SSSR count). The molecule has 7 heteroatoms. The Labute approximate surface area is 77.9 Å². The Morgan fingerprint density at radius 3 is 2.21 bits per heavy atom. The fraction of sp³-hybridized carbons (Fsp3) is 0.143. The Balaban J connectivity index is 3.19. The van der Waals surface area contributed by atoms with Gasteiger partial charge in [0.1, 0.15) is 5.75 Å². The Morgan fingerprint density at radius 1 is 1.14 bits per heavy atom. The van der Waals surface area contributed by atoms with Gasteiger partial charge in [0.25, 0.3) is 10.1 Å². The fourth-order valence-corrected chi connectivity index (χ4v) is 1.49. The number of rotatable bonds is 2. The lowest BCUT2D eigenvalue weighted by Gasteiger charge is -2.01. The third-order valence-electron chi connectivity index (χ3n) is 1.45. The van der Waals surface area contributed by atoms with Gasteiger partial charge in [-0.25, -0.2) is 13.2 Å². The summed E-state index contributed by atoms with van der Waals surface area (Å²) in [5, 5.41) is 0. The molecule has 1 aromatic carbocycles. The summed E-state index contributed by atoms with van der Waals surface area (Å²) in [5.41, 5.74) is -0.619. The first kappa shape index (κ1) is 11.0. The van der Waals surface area contributed by atoms with Gasteiger partial charge in [0.05, 0.1) is 0 Å². The van der Waals surface area contributed by atoms with E-state index in [0.717, 1.165) is 6.07 Å². The molecule has 0 heterocycles. The number of hydrogen-bond donors (Lipinski definition) is 1. The topological polar surface area (TPSA) is 54.4 Å². The van der Waals surface area contributed by atoms with Crippen LogP contribution in [-0.4, -0.2) is 13.0 Å². The molecule has 3 nitrogen and oxygen atoms in total. The SMILES string of the molecule is O=S(=O)(O)Cc1ccc(F)c(F)c1F. The highest BCUT2D eigenvalue weighted by Gasteiger charge is 2.17. The molecule has 0 atom stereocenters. The number of halogens is 3. The molecule has 78 valence electrons. The third-order valence-corrected chi connectivity index (χ3v) is 2.13.